The second-order valence-corrected chi connectivity index (χ2v) is 6.59. The van der Waals surface area contributed by atoms with Gasteiger partial charge in [0.1, 0.15) is 11.6 Å². The van der Waals surface area contributed by atoms with Gasteiger partial charge < -0.3 is 19.7 Å². The minimum atomic E-state index is -0.699. The number of carbonyl (C=O) groups is 1. The maximum atomic E-state index is 12.4. The molecule has 0 bridgehead atoms. The molecule has 0 saturated carbocycles. The molecular weight excluding hydrogens is 354 g/mol. The van der Waals surface area contributed by atoms with Gasteiger partial charge in [-0.3, -0.25) is 4.79 Å². The van der Waals surface area contributed by atoms with E-state index in [9.17, 15) is 4.79 Å². The minimum absolute atomic E-state index is 0.283. The summed E-state index contributed by atoms with van der Waals surface area (Å²) in [6, 6.07) is 9.18. The van der Waals surface area contributed by atoms with Crippen LogP contribution in [0.1, 0.15) is 12.5 Å². The Morgan fingerprint density at radius 3 is 2.77 bits per heavy atom. The number of nitrogens with zero attached hydrogens (tertiary/aromatic N) is 2. The first kappa shape index (κ1) is 18.5. The number of hydrogen-bond donors (Lipinski definition) is 1. The Labute approximate surface area is 158 Å². The maximum Gasteiger partial charge on any atom is 0.266 e. The van der Waals surface area contributed by atoms with Crippen molar-refractivity contribution in [2.24, 2.45) is 0 Å². The van der Waals surface area contributed by atoms with Crippen molar-refractivity contribution in [1.82, 2.24) is 4.98 Å². The first-order valence-corrected chi connectivity index (χ1v) is 8.93. The number of carbonyl (C=O) groups excluding carboxylic acids is 1. The van der Waals surface area contributed by atoms with E-state index in [-0.39, 0.29) is 5.91 Å². The highest BCUT2D eigenvalue weighted by molar-refractivity contribution is 6.32. The van der Waals surface area contributed by atoms with Crippen LogP contribution in [-0.2, 0) is 9.53 Å². The zero-order valence-electron chi connectivity index (χ0n) is 14.9. The highest BCUT2D eigenvalue weighted by Gasteiger charge is 2.17. The van der Waals surface area contributed by atoms with E-state index in [4.69, 9.17) is 21.1 Å². The summed E-state index contributed by atoms with van der Waals surface area (Å²) in [5, 5.41) is 3.24. The number of halogens is 1. The fraction of sp³-hybridized carbons (Fsp3) is 0.368. The molecule has 1 N–H and O–H groups in total. The molecule has 7 heteroatoms. The normalized spacial score (nSPS) is 15.4. The molecule has 1 aliphatic heterocycles. The van der Waals surface area contributed by atoms with E-state index in [2.05, 4.69) is 15.2 Å². The molecule has 1 fully saturated rings. The first-order valence-electron chi connectivity index (χ1n) is 8.55. The second kappa shape index (κ2) is 8.38. The van der Waals surface area contributed by atoms with E-state index in [1.165, 1.54) is 0 Å². The number of nitrogens with one attached hydrogen (secondary N) is 1. The zero-order chi connectivity index (χ0) is 18.5. The molecule has 1 aromatic carbocycles. The van der Waals surface area contributed by atoms with Crippen LogP contribution in [0.4, 0.5) is 11.5 Å². The van der Waals surface area contributed by atoms with Crippen molar-refractivity contribution < 1.29 is 14.3 Å². The van der Waals surface area contributed by atoms with Crippen LogP contribution in [0.5, 0.6) is 5.75 Å². The number of aryl methyl sites for hydroxylation is 1. The highest BCUT2D eigenvalue weighted by atomic mass is 35.5. The number of rotatable bonds is 5. The topological polar surface area (TPSA) is 63.7 Å². The van der Waals surface area contributed by atoms with Crippen molar-refractivity contribution in [1.29, 1.82) is 0 Å². The molecule has 2 heterocycles. The number of morpholine rings is 1. The van der Waals surface area contributed by atoms with Crippen molar-refractivity contribution in [2.45, 2.75) is 20.0 Å². The molecule has 2 aromatic rings. The third kappa shape index (κ3) is 4.65. The molecule has 1 atom stereocenters. The van der Waals surface area contributed by atoms with Crippen molar-refractivity contribution in [2.75, 3.05) is 36.5 Å². The monoisotopic (exact) mass is 375 g/mol. The fourth-order valence-corrected chi connectivity index (χ4v) is 2.80. The second-order valence-electron chi connectivity index (χ2n) is 6.18. The van der Waals surface area contributed by atoms with Crippen molar-refractivity contribution in [3.05, 3.63) is 47.1 Å². The molecule has 0 radical (unpaired) electrons. The zero-order valence-corrected chi connectivity index (χ0v) is 15.6. The predicted octanol–water partition coefficient (Wildman–Crippen LogP) is 3.29. The quantitative estimate of drug-likeness (QED) is 0.868. The average Bonchev–Trinajstić information content (AvgIpc) is 2.66. The first-order chi connectivity index (χ1) is 12.5. The van der Waals surface area contributed by atoms with Gasteiger partial charge in [0.15, 0.2) is 6.10 Å². The van der Waals surface area contributed by atoms with E-state index >= 15 is 0 Å². The van der Waals surface area contributed by atoms with Gasteiger partial charge in [0.25, 0.3) is 5.91 Å². The van der Waals surface area contributed by atoms with Gasteiger partial charge in [-0.05, 0) is 43.7 Å². The molecule has 0 spiro atoms. The Balaban J connectivity index is 1.59. The number of amides is 1. The van der Waals surface area contributed by atoms with Gasteiger partial charge in [-0.2, -0.15) is 0 Å². The van der Waals surface area contributed by atoms with E-state index in [0.29, 0.717) is 16.6 Å². The largest absolute Gasteiger partial charge is 0.479 e. The summed E-state index contributed by atoms with van der Waals surface area (Å²) >= 11 is 6.11. The lowest BCUT2D eigenvalue weighted by molar-refractivity contribution is -0.122. The lowest BCUT2D eigenvalue weighted by Gasteiger charge is -2.28. The molecule has 1 saturated heterocycles. The molecule has 1 aliphatic rings. The Morgan fingerprint density at radius 1 is 1.31 bits per heavy atom. The van der Waals surface area contributed by atoms with Crippen LogP contribution < -0.4 is 15.0 Å². The number of anilines is 2. The fourth-order valence-electron chi connectivity index (χ4n) is 2.64. The minimum Gasteiger partial charge on any atom is -0.479 e. The number of ether oxygens (including phenoxy) is 2. The van der Waals surface area contributed by atoms with Crippen LogP contribution >= 0.6 is 11.6 Å². The SMILES string of the molecule is Cc1ccc(Cl)c(OC(C)C(=O)Nc2ccc(N3CCOCC3)cn2)c1. The number of benzene rings is 1. The van der Waals surface area contributed by atoms with E-state index < -0.39 is 6.10 Å². The van der Waals surface area contributed by atoms with Gasteiger partial charge in [-0.15, -0.1) is 0 Å². The van der Waals surface area contributed by atoms with Gasteiger partial charge in [0.05, 0.1) is 30.1 Å². The highest BCUT2D eigenvalue weighted by Crippen LogP contribution is 2.26. The molecular formula is C19H22ClN3O3. The van der Waals surface area contributed by atoms with Gasteiger partial charge in [-0.25, -0.2) is 4.98 Å². The maximum absolute atomic E-state index is 12.4. The van der Waals surface area contributed by atoms with Crippen LogP contribution in [0, 0.1) is 6.92 Å². The Hall–Kier alpha value is -2.31. The van der Waals surface area contributed by atoms with Gasteiger partial charge in [-0.1, -0.05) is 17.7 Å². The Morgan fingerprint density at radius 2 is 2.08 bits per heavy atom. The Kier molecular flexibility index (Phi) is 5.96. The summed E-state index contributed by atoms with van der Waals surface area (Å²) in [5.41, 5.74) is 2.03. The third-order valence-electron chi connectivity index (χ3n) is 4.14. The summed E-state index contributed by atoms with van der Waals surface area (Å²) in [6.45, 7) is 6.73. The van der Waals surface area contributed by atoms with E-state index in [0.717, 1.165) is 37.6 Å². The van der Waals surface area contributed by atoms with Crippen LogP contribution in [0.2, 0.25) is 5.02 Å². The lowest BCUT2D eigenvalue weighted by atomic mass is 10.2. The number of pyridine rings is 1. The number of aromatic nitrogens is 1. The van der Waals surface area contributed by atoms with Gasteiger partial charge in [0, 0.05) is 13.1 Å². The summed E-state index contributed by atoms with van der Waals surface area (Å²) in [4.78, 5) is 18.9. The Bertz CT molecular complexity index is 761. The van der Waals surface area contributed by atoms with E-state index in [1.807, 2.05) is 25.1 Å². The molecule has 0 aliphatic carbocycles. The van der Waals surface area contributed by atoms with Crippen LogP contribution in [0.15, 0.2) is 36.5 Å². The molecule has 3 rings (SSSR count). The smallest absolute Gasteiger partial charge is 0.266 e. The number of hydrogen-bond acceptors (Lipinski definition) is 5. The predicted molar refractivity (Wildman–Crippen MR) is 102 cm³/mol. The van der Waals surface area contributed by atoms with Crippen LogP contribution in [-0.4, -0.2) is 43.3 Å². The van der Waals surface area contributed by atoms with Gasteiger partial charge >= 0.3 is 0 Å². The summed E-state index contributed by atoms with van der Waals surface area (Å²) < 4.78 is 11.0. The summed E-state index contributed by atoms with van der Waals surface area (Å²) in [5.74, 6) is 0.692. The third-order valence-corrected chi connectivity index (χ3v) is 4.45. The molecule has 1 amide bonds. The molecule has 138 valence electrons. The molecule has 6 nitrogen and oxygen atoms in total. The molecule has 26 heavy (non-hydrogen) atoms. The average molecular weight is 376 g/mol. The van der Waals surface area contributed by atoms with E-state index in [1.54, 1.807) is 25.3 Å². The van der Waals surface area contributed by atoms with Crippen molar-refractivity contribution in [3.63, 3.8) is 0 Å². The molecule has 1 unspecified atom stereocenters. The van der Waals surface area contributed by atoms with Crippen LogP contribution in [0.3, 0.4) is 0 Å². The van der Waals surface area contributed by atoms with Crippen molar-refractivity contribution >= 4 is 29.0 Å². The summed E-state index contributed by atoms with van der Waals surface area (Å²) in [6.07, 6.45) is 1.05. The van der Waals surface area contributed by atoms with Crippen molar-refractivity contribution in [3.8, 4) is 5.75 Å². The standard InChI is InChI=1S/C19H22ClN3O3/c1-13-3-5-16(20)17(11-13)26-14(2)19(24)22-18-6-4-15(12-21-18)23-7-9-25-10-8-23/h3-6,11-12,14H,7-10H2,1-2H3,(H,21,22,24). The van der Waals surface area contributed by atoms with Crippen LogP contribution in [0.25, 0.3) is 0 Å². The summed E-state index contributed by atoms with van der Waals surface area (Å²) in [7, 11) is 0. The lowest BCUT2D eigenvalue weighted by Crippen LogP contribution is -2.36. The van der Waals surface area contributed by atoms with Gasteiger partial charge in [0.2, 0.25) is 0 Å². The molecule has 1 aromatic heterocycles.